The van der Waals surface area contributed by atoms with E-state index in [1.807, 2.05) is 10.3 Å². The molecule has 0 atom stereocenters. The maximum absolute atomic E-state index is 13.5. The monoisotopic (exact) mass is 349 g/mol. The lowest BCUT2D eigenvalue weighted by atomic mass is 10.2. The van der Waals surface area contributed by atoms with Crippen molar-refractivity contribution in [1.82, 2.24) is 10.3 Å². The van der Waals surface area contributed by atoms with E-state index < -0.39 is 21.7 Å². The molecule has 1 heterocycles. The number of rotatable bonds is 4. The van der Waals surface area contributed by atoms with Crippen LogP contribution in [0.25, 0.3) is 0 Å². The van der Waals surface area contributed by atoms with Gasteiger partial charge in [-0.3, -0.25) is 15.0 Å². The quantitative estimate of drug-likeness (QED) is 0.715. The van der Waals surface area contributed by atoms with Gasteiger partial charge in [-0.1, -0.05) is 12.1 Å². The molecule has 0 unspecified atom stereocenters. The summed E-state index contributed by atoms with van der Waals surface area (Å²) in [6, 6.07) is 9.28. The molecule has 0 spiro atoms. The van der Waals surface area contributed by atoms with Crippen LogP contribution in [0.15, 0.2) is 47.4 Å². The number of carbonyl (C=O) groups excluding carboxylic acids is 2. The number of hydrogen-bond donors (Lipinski definition) is 3. The van der Waals surface area contributed by atoms with Crippen LogP contribution in [0.2, 0.25) is 0 Å². The first-order valence-electron chi connectivity index (χ1n) is 6.86. The Morgan fingerprint density at radius 3 is 2.67 bits per heavy atom. The van der Waals surface area contributed by atoms with Gasteiger partial charge < -0.3 is 5.32 Å². The van der Waals surface area contributed by atoms with Crippen LogP contribution in [0.4, 0.5) is 10.1 Å². The van der Waals surface area contributed by atoms with E-state index in [0.29, 0.717) is 11.3 Å². The van der Waals surface area contributed by atoms with Gasteiger partial charge in [0.15, 0.2) is 0 Å². The van der Waals surface area contributed by atoms with Crippen molar-refractivity contribution in [3.63, 3.8) is 0 Å². The molecule has 1 aliphatic heterocycles. The molecule has 124 valence electrons. The molecule has 9 heteroatoms. The molecule has 3 N–H and O–H groups in total. The number of nitrogens with one attached hydrogen (secondary N) is 3. The number of sulfonamides is 1. The average molecular weight is 349 g/mol. The zero-order valence-corrected chi connectivity index (χ0v) is 13.0. The average Bonchev–Trinajstić information content (AvgIpc) is 2.92. The van der Waals surface area contributed by atoms with Gasteiger partial charge in [-0.25, -0.2) is 12.8 Å². The molecule has 3 rings (SSSR count). The Kier molecular flexibility index (Phi) is 4.04. The molecule has 0 radical (unpaired) electrons. The third kappa shape index (κ3) is 3.12. The topological polar surface area (TPSA) is 104 Å². The smallest absolute Gasteiger partial charge is 0.269 e. The summed E-state index contributed by atoms with van der Waals surface area (Å²) in [5.74, 6) is -1.91. The van der Waals surface area contributed by atoms with E-state index in [1.165, 1.54) is 36.4 Å². The van der Waals surface area contributed by atoms with Crippen molar-refractivity contribution >= 4 is 27.5 Å². The van der Waals surface area contributed by atoms with Crippen molar-refractivity contribution in [1.29, 1.82) is 0 Å². The number of halogens is 1. The van der Waals surface area contributed by atoms with Gasteiger partial charge in [0, 0.05) is 5.69 Å². The van der Waals surface area contributed by atoms with E-state index in [0.717, 1.165) is 6.07 Å². The molecule has 2 aromatic carbocycles. The third-order valence-corrected chi connectivity index (χ3v) is 4.67. The molecule has 0 aliphatic carbocycles. The number of amides is 2. The minimum absolute atomic E-state index is 0.0836. The van der Waals surface area contributed by atoms with Gasteiger partial charge in [-0.15, -0.1) is 4.83 Å². The fraction of sp³-hybridized carbons (Fsp3) is 0.0667. The predicted octanol–water partition coefficient (Wildman–Crippen LogP) is 0.944. The number of hydrogen-bond acceptors (Lipinski definition) is 4. The van der Waals surface area contributed by atoms with E-state index in [9.17, 15) is 22.4 Å². The van der Waals surface area contributed by atoms with Crippen molar-refractivity contribution < 1.29 is 22.4 Å². The van der Waals surface area contributed by atoms with Crippen molar-refractivity contribution in [2.75, 3.05) is 5.32 Å². The summed E-state index contributed by atoms with van der Waals surface area (Å²) in [5, 5.41) is 2.59. The molecule has 0 saturated heterocycles. The second kappa shape index (κ2) is 6.02. The first-order valence-corrected chi connectivity index (χ1v) is 8.34. The minimum Gasteiger partial charge on any atom is -0.326 e. The summed E-state index contributed by atoms with van der Waals surface area (Å²) in [6.07, 6.45) is 0.0836. The summed E-state index contributed by atoms with van der Waals surface area (Å²) < 4.78 is 37.9. The Balaban J connectivity index is 1.75. The van der Waals surface area contributed by atoms with E-state index in [2.05, 4.69) is 5.32 Å². The van der Waals surface area contributed by atoms with E-state index >= 15 is 0 Å². The Bertz CT molecular complexity index is 943. The number of anilines is 1. The maximum atomic E-state index is 13.5. The molecule has 2 aromatic rings. The van der Waals surface area contributed by atoms with Crippen LogP contribution in [0, 0.1) is 5.82 Å². The van der Waals surface area contributed by atoms with E-state index in [-0.39, 0.29) is 22.8 Å². The summed E-state index contributed by atoms with van der Waals surface area (Å²) in [6.45, 7) is 0. The number of fused-ring (bicyclic) bond motifs is 1. The first kappa shape index (κ1) is 16.1. The normalized spacial score (nSPS) is 13.3. The lowest BCUT2D eigenvalue weighted by molar-refractivity contribution is -0.115. The largest absolute Gasteiger partial charge is 0.326 e. The Labute approximate surface area is 136 Å². The van der Waals surface area contributed by atoms with Gasteiger partial charge in [0.25, 0.3) is 15.9 Å². The minimum atomic E-state index is -4.06. The van der Waals surface area contributed by atoms with E-state index in [4.69, 9.17) is 0 Å². The summed E-state index contributed by atoms with van der Waals surface area (Å²) >= 11 is 0. The standard InChI is InChI=1S/C15H12FN3O4S/c16-12-4-2-1-3-11(12)15(21)18-19-24(22,23)10-5-6-13-9(7-10)8-14(20)17-13/h1-7,19H,8H2,(H,17,20)(H,18,21). The highest BCUT2D eigenvalue weighted by Crippen LogP contribution is 2.25. The van der Waals surface area contributed by atoms with Crippen LogP contribution in [-0.4, -0.2) is 20.2 Å². The van der Waals surface area contributed by atoms with Crippen LogP contribution < -0.4 is 15.6 Å². The molecule has 7 nitrogen and oxygen atoms in total. The highest BCUT2D eigenvalue weighted by Gasteiger charge is 2.22. The van der Waals surface area contributed by atoms with Crippen molar-refractivity contribution in [3.8, 4) is 0 Å². The van der Waals surface area contributed by atoms with Gasteiger partial charge in [0.05, 0.1) is 16.9 Å². The Morgan fingerprint density at radius 2 is 1.92 bits per heavy atom. The number of benzene rings is 2. The molecular formula is C15H12FN3O4S. The molecular weight excluding hydrogens is 337 g/mol. The van der Waals surface area contributed by atoms with Crippen molar-refractivity contribution in [2.24, 2.45) is 0 Å². The number of carbonyl (C=O) groups is 2. The maximum Gasteiger partial charge on any atom is 0.269 e. The molecule has 1 aliphatic rings. The molecule has 0 saturated carbocycles. The van der Waals surface area contributed by atoms with Gasteiger partial charge in [-0.2, -0.15) is 0 Å². The van der Waals surface area contributed by atoms with Crippen LogP contribution >= 0.6 is 0 Å². The number of hydrazine groups is 1. The van der Waals surface area contributed by atoms with Crippen LogP contribution in [-0.2, 0) is 21.2 Å². The summed E-state index contributed by atoms with van der Waals surface area (Å²) in [7, 11) is -4.06. The van der Waals surface area contributed by atoms with Crippen molar-refractivity contribution in [2.45, 2.75) is 11.3 Å². The Morgan fingerprint density at radius 1 is 1.17 bits per heavy atom. The SMILES string of the molecule is O=C1Cc2cc(S(=O)(=O)NNC(=O)c3ccccc3F)ccc2N1. The van der Waals surface area contributed by atoms with Crippen LogP contribution in [0.3, 0.4) is 0 Å². The van der Waals surface area contributed by atoms with Crippen molar-refractivity contribution in [3.05, 3.63) is 59.4 Å². The molecule has 0 fully saturated rings. The predicted molar refractivity (Wildman–Crippen MR) is 83.0 cm³/mol. The summed E-state index contributed by atoms with van der Waals surface area (Å²) in [5.41, 5.74) is 2.76. The van der Waals surface area contributed by atoms with Gasteiger partial charge in [0.2, 0.25) is 5.91 Å². The molecule has 2 amide bonds. The first-order chi connectivity index (χ1) is 11.4. The lowest BCUT2D eigenvalue weighted by Crippen LogP contribution is -2.41. The van der Waals surface area contributed by atoms with E-state index in [1.54, 1.807) is 0 Å². The summed E-state index contributed by atoms with van der Waals surface area (Å²) in [4.78, 5) is 24.9. The molecule has 24 heavy (non-hydrogen) atoms. The molecule has 0 aromatic heterocycles. The van der Waals surface area contributed by atoms with Crippen LogP contribution in [0.1, 0.15) is 15.9 Å². The third-order valence-electron chi connectivity index (χ3n) is 3.43. The van der Waals surface area contributed by atoms with Gasteiger partial charge in [-0.05, 0) is 35.9 Å². The molecule has 0 bridgehead atoms. The highest BCUT2D eigenvalue weighted by molar-refractivity contribution is 7.89. The highest BCUT2D eigenvalue weighted by atomic mass is 32.2. The lowest BCUT2D eigenvalue weighted by Gasteiger charge is -2.10. The fourth-order valence-corrected chi connectivity index (χ4v) is 3.15. The van der Waals surface area contributed by atoms with Gasteiger partial charge >= 0.3 is 0 Å². The van der Waals surface area contributed by atoms with Gasteiger partial charge in [0.1, 0.15) is 5.82 Å². The van der Waals surface area contributed by atoms with Crippen LogP contribution in [0.5, 0.6) is 0 Å². The zero-order valence-electron chi connectivity index (χ0n) is 12.2. The second-order valence-corrected chi connectivity index (χ2v) is 6.77. The Hall–Kier alpha value is -2.78. The second-order valence-electron chi connectivity index (χ2n) is 5.08. The fourth-order valence-electron chi connectivity index (χ4n) is 2.26. The zero-order chi connectivity index (χ0) is 17.3.